The number of benzene rings is 1. The lowest BCUT2D eigenvalue weighted by Crippen LogP contribution is -2.23. The van der Waals surface area contributed by atoms with E-state index < -0.39 is 23.8 Å². The van der Waals surface area contributed by atoms with Crippen LogP contribution in [0.4, 0.5) is 29.3 Å². The third-order valence-corrected chi connectivity index (χ3v) is 5.50. The van der Waals surface area contributed by atoms with E-state index in [1.807, 2.05) is 0 Å². The van der Waals surface area contributed by atoms with E-state index in [2.05, 4.69) is 25.6 Å². The topological polar surface area (TPSA) is 112 Å². The molecule has 1 unspecified atom stereocenters. The molecule has 2 amide bonds. The van der Waals surface area contributed by atoms with Crippen LogP contribution in [-0.4, -0.2) is 46.6 Å². The van der Waals surface area contributed by atoms with Gasteiger partial charge in [0.25, 0.3) is 5.56 Å². The van der Waals surface area contributed by atoms with E-state index in [0.717, 1.165) is 6.07 Å². The van der Waals surface area contributed by atoms with Crippen LogP contribution in [0.25, 0.3) is 11.4 Å². The van der Waals surface area contributed by atoms with E-state index in [0.29, 0.717) is 17.9 Å². The molecule has 0 aliphatic heterocycles. The third-order valence-electron chi connectivity index (χ3n) is 5.50. The maximum absolute atomic E-state index is 13.7. The summed E-state index contributed by atoms with van der Waals surface area (Å²) in [6, 6.07) is 3.97. The summed E-state index contributed by atoms with van der Waals surface area (Å²) in [5, 5.41) is 4.97. The van der Waals surface area contributed by atoms with Gasteiger partial charge < -0.3 is 25.3 Å². The maximum atomic E-state index is 13.7. The van der Waals surface area contributed by atoms with E-state index in [1.54, 1.807) is 39.8 Å². The molecule has 3 N–H and O–H groups in total. The Morgan fingerprint density at radius 1 is 1.22 bits per heavy atom. The largest absolute Gasteiger partial charge is 0.488 e. The number of amides is 2. The van der Waals surface area contributed by atoms with Crippen LogP contribution in [0, 0.1) is 6.92 Å². The van der Waals surface area contributed by atoms with Gasteiger partial charge in [-0.05, 0) is 58.6 Å². The molecule has 3 aromatic rings. The van der Waals surface area contributed by atoms with Crippen molar-refractivity contribution in [1.82, 2.24) is 19.9 Å². The van der Waals surface area contributed by atoms with Crippen molar-refractivity contribution in [1.29, 1.82) is 0 Å². The molecule has 0 saturated carbocycles. The van der Waals surface area contributed by atoms with Crippen molar-refractivity contribution >= 4 is 17.4 Å². The Labute approximate surface area is 205 Å². The van der Waals surface area contributed by atoms with Crippen LogP contribution in [-0.2, 0) is 6.18 Å². The molecule has 0 bridgehead atoms. The van der Waals surface area contributed by atoms with Gasteiger partial charge >= 0.3 is 12.2 Å². The van der Waals surface area contributed by atoms with Gasteiger partial charge in [-0.25, -0.2) is 14.8 Å². The van der Waals surface area contributed by atoms with E-state index in [4.69, 9.17) is 4.74 Å². The number of aryl methyl sites for hydroxylation is 1. The fourth-order valence-electron chi connectivity index (χ4n) is 3.39. The molecule has 0 aliphatic carbocycles. The highest BCUT2D eigenvalue weighted by molar-refractivity contribution is 6.00. The molecular weight excluding hydrogens is 477 g/mol. The van der Waals surface area contributed by atoms with Crippen LogP contribution >= 0.6 is 0 Å². The minimum absolute atomic E-state index is 0.0126. The minimum atomic E-state index is -4.59. The number of carbonyl (C=O) groups is 1. The van der Waals surface area contributed by atoms with Crippen molar-refractivity contribution in [2.24, 2.45) is 0 Å². The van der Waals surface area contributed by atoms with Gasteiger partial charge in [0.1, 0.15) is 0 Å². The number of halogens is 3. The Morgan fingerprint density at radius 3 is 2.56 bits per heavy atom. The Hall–Kier alpha value is -3.93. The van der Waals surface area contributed by atoms with Crippen molar-refractivity contribution in [3.05, 3.63) is 63.8 Å². The molecule has 36 heavy (non-hydrogen) atoms. The van der Waals surface area contributed by atoms with Crippen LogP contribution in [0.1, 0.15) is 36.7 Å². The van der Waals surface area contributed by atoms with Gasteiger partial charge in [0, 0.05) is 23.5 Å². The van der Waals surface area contributed by atoms with Gasteiger partial charge in [0.2, 0.25) is 0 Å². The zero-order chi connectivity index (χ0) is 26.6. The number of nitrogens with zero attached hydrogens (tertiary/aromatic N) is 3. The number of pyridine rings is 1. The molecule has 192 valence electrons. The molecule has 2 heterocycles. The Kier molecular flexibility index (Phi) is 7.98. The number of aromatic amines is 1. The standard InChI is InChI=1S/C24H27F3N6O3/c1-6-36-20-9-15(11-29-22(20)34)21-28-12-19(13(2)30-21)32-23(35)31-16-7-8-17(14(3)33(4)5)18(10-16)24(25,26)27/h7-12,14H,6H2,1-5H3,(H,29,34)(H2,31,32,35). The summed E-state index contributed by atoms with van der Waals surface area (Å²) in [6.07, 6.45) is -1.78. The molecule has 0 fully saturated rings. The maximum Gasteiger partial charge on any atom is 0.416 e. The van der Waals surface area contributed by atoms with Crippen molar-refractivity contribution < 1.29 is 22.7 Å². The lowest BCUT2D eigenvalue weighted by Gasteiger charge is -2.24. The van der Waals surface area contributed by atoms with E-state index >= 15 is 0 Å². The van der Waals surface area contributed by atoms with Crippen LogP contribution in [0.5, 0.6) is 5.75 Å². The first-order valence-electron chi connectivity index (χ1n) is 11.1. The Bertz CT molecular complexity index is 1310. The van der Waals surface area contributed by atoms with Gasteiger partial charge in [-0.2, -0.15) is 13.2 Å². The van der Waals surface area contributed by atoms with Crippen LogP contribution < -0.4 is 20.9 Å². The number of ether oxygens (including phenoxy) is 1. The van der Waals surface area contributed by atoms with Gasteiger partial charge in [-0.1, -0.05) is 6.07 Å². The first-order chi connectivity index (χ1) is 16.9. The van der Waals surface area contributed by atoms with E-state index in [1.165, 1.54) is 30.6 Å². The van der Waals surface area contributed by atoms with Crippen molar-refractivity contribution in [2.75, 3.05) is 31.3 Å². The predicted molar refractivity (Wildman–Crippen MR) is 130 cm³/mol. The fourth-order valence-corrected chi connectivity index (χ4v) is 3.39. The second-order valence-corrected chi connectivity index (χ2v) is 8.23. The van der Waals surface area contributed by atoms with Gasteiger partial charge in [0.15, 0.2) is 11.6 Å². The number of urea groups is 1. The summed E-state index contributed by atoms with van der Waals surface area (Å²) in [5.74, 6) is 0.415. The molecule has 12 heteroatoms. The minimum Gasteiger partial charge on any atom is -0.488 e. The van der Waals surface area contributed by atoms with Crippen LogP contribution in [0.3, 0.4) is 0 Å². The highest BCUT2D eigenvalue weighted by atomic mass is 19.4. The monoisotopic (exact) mass is 504 g/mol. The molecular formula is C24H27F3N6O3. The zero-order valence-electron chi connectivity index (χ0n) is 20.4. The summed E-state index contributed by atoms with van der Waals surface area (Å²) in [7, 11) is 3.38. The molecule has 0 saturated heterocycles. The van der Waals surface area contributed by atoms with Gasteiger partial charge in [-0.3, -0.25) is 4.79 Å². The number of anilines is 2. The van der Waals surface area contributed by atoms with E-state index in [9.17, 15) is 22.8 Å². The third kappa shape index (κ3) is 6.19. The second-order valence-electron chi connectivity index (χ2n) is 8.23. The summed E-state index contributed by atoms with van der Waals surface area (Å²) >= 11 is 0. The number of hydrogen-bond donors (Lipinski definition) is 3. The lowest BCUT2D eigenvalue weighted by atomic mass is 9.99. The molecule has 2 aromatic heterocycles. The van der Waals surface area contributed by atoms with Gasteiger partial charge in [-0.15, -0.1) is 0 Å². The number of H-pyrrole nitrogens is 1. The van der Waals surface area contributed by atoms with Crippen molar-refractivity contribution in [3.8, 4) is 17.1 Å². The highest BCUT2D eigenvalue weighted by Gasteiger charge is 2.35. The second kappa shape index (κ2) is 10.8. The molecule has 0 spiro atoms. The first kappa shape index (κ1) is 26.7. The number of hydrogen-bond acceptors (Lipinski definition) is 6. The number of carbonyl (C=O) groups excluding carboxylic acids is 1. The zero-order valence-corrected chi connectivity index (χ0v) is 20.4. The molecule has 1 aromatic carbocycles. The van der Waals surface area contributed by atoms with Gasteiger partial charge in [0.05, 0.1) is 29.7 Å². The Morgan fingerprint density at radius 2 is 1.94 bits per heavy atom. The summed E-state index contributed by atoms with van der Waals surface area (Å²) in [4.78, 5) is 37.1. The summed E-state index contributed by atoms with van der Waals surface area (Å²) in [5.41, 5.74) is 0.0613. The molecule has 9 nitrogen and oxygen atoms in total. The fraction of sp³-hybridized carbons (Fsp3) is 0.333. The average molecular weight is 505 g/mol. The summed E-state index contributed by atoms with van der Waals surface area (Å²) < 4.78 is 46.3. The number of aromatic nitrogens is 3. The van der Waals surface area contributed by atoms with E-state index in [-0.39, 0.29) is 34.1 Å². The summed E-state index contributed by atoms with van der Waals surface area (Å²) in [6.45, 7) is 5.36. The number of nitrogens with one attached hydrogen (secondary N) is 3. The number of alkyl halides is 3. The normalized spacial score (nSPS) is 12.4. The Balaban J connectivity index is 1.78. The number of rotatable bonds is 7. The molecule has 3 rings (SSSR count). The quantitative estimate of drug-likeness (QED) is 0.425. The lowest BCUT2D eigenvalue weighted by molar-refractivity contribution is -0.138. The molecule has 0 aliphatic rings. The highest BCUT2D eigenvalue weighted by Crippen LogP contribution is 2.37. The average Bonchev–Trinajstić information content (AvgIpc) is 2.81. The first-order valence-corrected chi connectivity index (χ1v) is 11.1. The van der Waals surface area contributed by atoms with Crippen LogP contribution in [0.15, 0.2) is 41.5 Å². The smallest absolute Gasteiger partial charge is 0.416 e. The predicted octanol–water partition coefficient (Wildman–Crippen LogP) is 4.82. The van der Waals surface area contributed by atoms with Crippen molar-refractivity contribution in [2.45, 2.75) is 33.0 Å². The molecule has 1 atom stereocenters. The van der Waals surface area contributed by atoms with Crippen molar-refractivity contribution in [3.63, 3.8) is 0 Å². The SMILES string of the molecule is CCOc1cc(-c2ncc(NC(=O)Nc3ccc(C(C)N(C)C)c(C(F)(F)F)c3)c(C)n2)c[nH]c1=O. The molecule has 0 radical (unpaired) electrons. The van der Waals surface area contributed by atoms with Crippen LogP contribution in [0.2, 0.25) is 0 Å².